The maximum Gasteiger partial charge on any atom is 0.235 e. The molecule has 1 unspecified atom stereocenters. The van der Waals surface area contributed by atoms with Crippen LogP contribution in [0.5, 0.6) is 11.8 Å². The number of nitrogens with zero attached hydrogens (tertiary/aromatic N) is 3. The van der Waals surface area contributed by atoms with Crippen LogP contribution in [0.3, 0.4) is 0 Å². The molecule has 20 heavy (non-hydrogen) atoms. The summed E-state index contributed by atoms with van der Waals surface area (Å²) < 4.78 is 35.9. The van der Waals surface area contributed by atoms with Crippen molar-refractivity contribution in [2.24, 2.45) is 0 Å². The standard InChI is InChI=1S/C12H19N3O4S/c1-3-20(16,17)15-6-4-5-10(9-15)19-12-8-13-7-11(14-12)18-2/h7-8,10H,3-6,9H2,1-2H3. The summed E-state index contributed by atoms with van der Waals surface area (Å²) >= 11 is 0. The number of hydrogen-bond acceptors (Lipinski definition) is 6. The van der Waals surface area contributed by atoms with Crippen molar-refractivity contribution in [2.45, 2.75) is 25.9 Å². The van der Waals surface area contributed by atoms with Gasteiger partial charge in [0.2, 0.25) is 21.8 Å². The molecule has 8 heteroatoms. The Morgan fingerprint density at radius 2 is 2.15 bits per heavy atom. The molecule has 1 aliphatic heterocycles. The molecule has 1 aromatic heterocycles. The van der Waals surface area contributed by atoms with Crippen molar-refractivity contribution in [3.8, 4) is 11.8 Å². The summed E-state index contributed by atoms with van der Waals surface area (Å²) in [5.41, 5.74) is 0. The smallest absolute Gasteiger partial charge is 0.235 e. The maximum atomic E-state index is 11.9. The fourth-order valence-corrected chi connectivity index (χ4v) is 3.26. The Morgan fingerprint density at radius 1 is 1.40 bits per heavy atom. The minimum absolute atomic E-state index is 0.110. The summed E-state index contributed by atoms with van der Waals surface area (Å²) in [4.78, 5) is 8.08. The topological polar surface area (TPSA) is 81.6 Å². The highest BCUT2D eigenvalue weighted by atomic mass is 32.2. The summed E-state index contributed by atoms with van der Waals surface area (Å²) in [6.45, 7) is 2.56. The molecule has 1 aliphatic rings. The van der Waals surface area contributed by atoms with Crippen molar-refractivity contribution >= 4 is 10.0 Å². The van der Waals surface area contributed by atoms with E-state index in [0.717, 1.165) is 12.8 Å². The zero-order chi connectivity index (χ0) is 14.6. The molecule has 1 saturated heterocycles. The van der Waals surface area contributed by atoms with Crippen molar-refractivity contribution in [3.05, 3.63) is 12.4 Å². The molecule has 0 N–H and O–H groups in total. The molecule has 0 aliphatic carbocycles. The number of rotatable bonds is 5. The summed E-state index contributed by atoms with van der Waals surface area (Å²) in [7, 11) is -1.66. The van der Waals surface area contributed by atoms with Crippen LogP contribution in [0.2, 0.25) is 0 Å². The number of piperidine rings is 1. The van der Waals surface area contributed by atoms with Crippen LogP contribution in [0.4, 0.5) is 0 Å². The Bertz CT molecular complexity index is 549. The van der Waals surface area contributed by atoms with E-state index in [4.69, 9.17) is 9.47 Å². The number of methoxy groups -OCH3 is 1. The van der Waals surface area contributed by atoms with Crippen LogP contribution in [0.25, 0.3) is 0 Å². The van der Waals surface area contributed by atoms with Gasteiger partial charge in [0.1, 0.15) is 6.10 Å². The van der Waals surface area contributed by atoms with Gasteiger partial charge in [-0.05, 0) is 19.8 Å². The van der Waals surface area contributed by atoms with E-state index in [1.807, 2.05) is 0 Å². The second-order valence-corrected chi connectivity index (χ2v) is 6.80. The van der Waals surface area contributed by atoms with Crippen LogP contribution in [0, 0.1) is 0 Å². The van der Waals surface area contributed by atoms with Gasteiger partial charge in [-0.2, -0.15) is 9.29 Å². The van der Waals surface area contributed by atoms with Gasteiger partial charge < -0.3 is 9.47 Å². The monoisotopic (exact) mass is 301 g/mol. The lowest BCUT2D eigenvalue weighted by Gasteiger charge is -2.31. The molecule has 7 nitrogen and oxygen atoms in total. The lowest BCUT2D eigenvalue weighted by Crippen LogP contribution is -2.44. The molecule has 1 fully saturated rings. The molecule has 0 radical (unpaired) electrons. The minimum atomic E-state index is -3.17. The van der Waals surface area contributed by atoms with Gasteiger partial charge in [0, 0.05) is 6.54 Å². The molecule has 0 spiro atoms. The molecule has 0 bridgehead atoms. The predicted octanol–water partition coefficient (Wildman–Crippen LogP) is 0.678. The lowest BCUT2D eigenvalue weighted by atomic mass is 10.1. The minimum Gasteiger partial charge on any atom is -0.480 e. The molecular formula is C12H19N3O4S. The first-order valence-electron chi connectivity index (χ1n) is 6.55. The Morgan fingerprint density at radius 3 is 2.85 bits per heavy atom. The van der Waals surface area contributed by atoms with E-state index in [-0.39, 0.29) is 11.9 Å². The second-order valence-electron chi connectivity index (χ2n) is 4.54. The first-order valence-corrected chi connectivity index (χ1v) is 8.16. The van der Waals surface area contributed by atoms with Crippen molar-refractivity contribution in [3.63, 3.8) is 0 Å². The Balaban J connectivity index is 2.02. The van der Waals surface area contributed by atoms with Gasteiger partial charge >= 0.3 is 0 Å². The summed E-state index contributed by atoms with van der Waals surface area (Å²) in [5.74, 6) is 0.833. The highest BCUT2D eigenvalue weighted by Gasteiger charge is 2.28. The SMILES string of the molecule is CCS(=O)(=O)N1CCCC(Oc2cncc(OC)n2)C1. The van der Waals surface area contributed by atoms with Crippen LogP contribution in [0.15, 0.2) is 12.4 Å². The van der Waals surface area contributed by atoms with Gasteiger partial charge in [-0.3, -0.25) is 4.98 Å². The lowest BCUT2D eigenvalue weighted by molar-refractivity contribution is 0.123. The molecule has 1 atom stereocenters. The maximum absolute atomic E-state index is 11.9. The first kappa shape index (κ1) is 15.0. The Kier molecular flexibility index (Phi) is 4.77. The van der Waals surface area contributed by atoms with Crippen LogP contribution >= 0.6 is 0 Å². The van der Waals surface area contributed by atoms with Crippen molar-refractivity contribution < 1.29 is 17.9 Å². The molecule has 0 aromatic carbocycles. The normalized spacial score (nSPS) is 20.6. The van der Waals surface area contributed by atoms with Gasteiger partial charge in [-0.1, -0.05) is 0 Å². The molecule has 1 aromatic rings. The summed E-state index contributed by atoms with van der Waals surface area (Å²) in [6, 6.07) is 0. The third-order valence-corrected chi connectivity index (χ3v) is 5.03. The number of ether oxygens (including phenoxy) is 2. The van der Waals surface area contributed by atoms with E-state index >= 15 is 0 Å². The van der Waals surface area contributed by atoms with E-state index in [2.05, 4.69) is 9.97 Å². The molecule has 112 valence electrons. The van der Waals surface area contributed by atoms with E-state index < -0.39 is 10.0 Å². The number of aromatic nitrogens is 2. The quantitative estimate of drug-likeness (QED) is 0.795. The summed E-state index contributed by atoms with van der Waals surface area (Å²) in [5, 5.41) is 0. The first-order chi connectivity index (χ1) is 9.55. The zero-order valence-electron chi connectivity index (χ0n) is 11.7. The van der Waals surface area contributed by atoms with E-state index in [1.165, 1.54) is 23.8 Å². The number of hydrogen-bond donors (Lipinski definition) is 0. The third kappa shape index (κ3) is 3.57. The highest BCUT2D eigenvalue weighted by molar-refractivity contribution is 7.89. The fraction of sp³-hybridized carbons (Fsp3) is 0.667. The van der Waals surface area contributed by atoms with Gasteiger partial charge in [-0.25, -0.2) is 8.42 Å². The van der Waals surface area contributed by atoms with Crippen LogP contribution in [-0.4, -0.2) is 54.7 Å². The molecule has 2 heterocycles. The van der Waals surface area contributed by atoms with E-state index in [0.29, 0.717) is 24.8 Å². The van der Waals surface area contributed by atoms with Crippen LogP contribution in [-0.2, 0) is 10.0 Å². The summed E-state index contributed by atoms with van der Waals surface area (Å²) in [6.07, 6.45) is 4.36. The average Bonchev–Trinajstić information content (AvgIpc) is 2.48. The largest absolute Gasteiger partial charge is 0.480 e. The predicted molar refractivity (Wildman–Crippen MR) is 73.3 cm³/mol. The third-order valence-electron chi connectivity index (χ3n) is 3.19. The van der Waals surface area contributed by atoms with Gasteiger partial charge in [0.15, 0.2) is 0 Å². The Labute approximate surface area is 119 Å². The molecule has 0 amide bonds. The van der Waals surface area contributed by atoms with E-state index in [9.17, 15) is 8.42 Å². The van der Waals surface area contributed by atoms with Crippen molar-refractivity contribution in [2.75, 3.05) is 26.0 Å². The molecule has 0 saturated carbocycles. The number of sulfonamides is 1. The van der Waals surface area contributed by atoms with Crippen LogP contribution in [0.1, 0.15) is 19.8 Å². The van der Waals surface area contributed by atoms with Crippen LogP contribution < -0.4 is 9.47 Å². The fourth-order valence-electron chi connectivity index (χ4n) is 2.09. The van der Waals surface area contributed by atoms with Crippen molar-refractivity contribution in [1.29, 1.82) is 0 Å². The average molecular weight is 301 g/mol. The Hall–Kier alpha value is -1.41. The van der Waals surface area contributed by atoms with E-state index in [1.54, 1.807) is 6.92 Å². The van der Waals surface area contributed by atoms with Gasteiger partial charge in [0.05, 0.1) is 31.8 Å². The van der Waals surface area contributed by atoms with Gasteiger partial charge in [0.25, 0.3) is 0 Å². The molecule has 2 rings (SSSR count). The molecular weight excluding hydrogens is 282 g/mol. The highest BCUT2D eigenvalue weighted by Crippen LogP contribution is 2.19. The second kappa shape index (κ2) is 6.36. The van der Waals surface area contributed by atoms with Crippen molar-refractivity contribution in [1.82, 2.24) is 14.3 Å². The zero-order valence-corrected chi connectivity index (χ0v) is 12.5. The van der Waals surface area contributed by atoms with Gasteiger partial charge in [-0.15, -0.1) is 0 Å².